The van der Waals surface area contributed by atoms with Gasteiger partial charge in [0.25, 0.3) is 10.2 Å². The Hall–Kier alpha value is -1.19. The minimum absolute atomic E-state index is 0.134. The number of benzene rings is 1. The van der Waals surface area contributed by atoms with Crippen molar-refractivity contribution >= 4 is 33.4 Å². The van der Waals surface area contributed by atoms with Crippen molar-refractivity contribution in [1.29, 1.82) is 0 Å². The number of carbonyl (C=O) groups is 1. The molecule has 1 amide bonds. The number of aryl methyl sites for hydroxylation is 1. The Labute approximate surface area is 161 Å². The summed E-state index contributed by atoms with van der Waals surface area (Å²) in [6.45, 7) is 8.56. The number of nitrogens with zero attached hydrogens (tertiary/aromatic N) is 3. The van der Waals surface area contributed by atoms with Gasteiger partial charge in [-0.15, -0.1) is 0 Å². The van der Waals surface area contributed by atoms with Gasteiger partial charge in [-0.25, -0.2) is 0 Å². The standard InChI is InChI=1S/C17H27ClN4O3S/c1-4-21(5-2)26(24,25)22-10-8-20(9-11-22)13-17(23)19-15-7-6-14(3)16(18)12-15/h6-7,12H,4-5,8-11,13H2,1-3H3,(H,19,23). The van der Waals surface area contributed by atoms with E-state index < -0.39 is 10.2 Å². The van der Waals surface area contributed by atoms with E-state index in [-0.39, 0.29) is 12.5 Å². The Morgan fingerprint density at radius 1 is 1.19 bits per heavy atom. The average Bonchev–Trinajstić information content (AvgIpc) is 2.59. The largest absolute Gasteiger partial charge is 0.325 e. The lowest BCUT2D eigenvalue weighted by atomic mass is 10.2. The fourth-order valence-electron chi connectivity index (χ4n) is 2.91. The van der Waals surface area contributed by atoms with Crippen LogP contribution in [0.4, 0.5) is 5.69 Å². The van der Waals surface area contributed by atoms with E-state index in [1.54, 1.807) is 6.07 Å². The Kier molecular flexibility index (Phi) is 7.42. The molecule has 0 aromatic heterocycles. The molecule has 0 atom stereocenters. The maximum Gasteiger partial charge on any atom is 0.282 e. The van der Waals surface area contributed by atoms with Crippen molar-refractivity contribution in [2.75, 3.05) is 51.1 Å². The Balaban J connectivity index is 1.86. The van der Waals surface area contributed by atoms with Crippen LogP contribution in [0.25, 0.3) is 0 Å². The highest BCUT2D eigenvalue weighted by molar-refractivity contribution is 7.86. The van der Waals surface area contributed by atoms with Crippen LogP contribution in [0.15, 0.2) is 18.2 Å². The summed E-state index contributed by atoms with van der Waals surface area (Å²) < 4.78 is 28.0. The van der Waals surface area contributed by atoms with Crippen LogP contribution in [0.2, 0.25) is 5.02 Å². The Morgan fingerprint density at radius 2 is 1.81 bits per heavy atom. The van der Waals surface area contributed by atoms with Crippen molar-refractivity contribution in [3.8, 4) is 0 Å². The first-order valence-electron chi connectivity index (χ1n) is 8.81. The maximum absolute atomic E-state index is 12.5. The Bertz CT molecular complexity index is 730. The van der Waals surface area contributed by atoms with Crippen molar-refractivity contribution in [3.05, 3.63) is 28.8 Å². The van der Waals surface area contributed by atoms with Crippen LogP contribution < -0.4 is 5.32 Å². The van der Waals surface area contributed by atoms with Crippen molar-refractivity contribution < 1.29 is 13.2 Å². The summed E-state index contributed by atoms with van der Waals surface area (Å²) in [7, 11) is -3.41. The smallest absolute Gasteiger partial charge is 0.282 e. The number of nitrogens with one attached hydrogen (secondary N) is 1. The van der Waals surface area contributed by atoms with Crippen LogP contribution in [0.1, 0.15) is 19.4 Å². The van der Waals surface area contributed by atoms with E-state index in [9.17, 15) is 13.2 Å². The van der Waals surface area contributed by atoms with E-state index in [1.165, 1.54) is 8.61 Å². The van der Waals surface area contributed by atoms with Gasteiger partial charge in [-0.2, -0.15) is 17.0 Å². The number of hydrogen-bond donors (Lipinski definition) is 1. The molecule has 1 N–H and O–H groups in total. The molecule has 0 saturated carbocycles. The van der Waals surface area contributed by atoms with E-state index in [2.05, 4.69) is 5.32 Å². The molecule has 2 rings (SSSR count). The van der Waals surface area contributed by atoms with Crippen molar-refractivity contribution in [1.82, 2.24) is 13.5 Å². The fraction of sp³-hybridized carbons (Fsp3) is 0.588. The number of carbonyl (C=O) groups excluding carboxylic acids is 1. The number of halogens is 1. The molecule has 0 unspecified atom stereocenters. The van der Waals surface area contributed by atoms with E-state index in [4.69, 9.17) is 11.6 Å². The van der Waals surface area contributed by atoms with Gasteiger partial charge in [0.1, 0.15) is 0 Å². The highest BCUT2D eigenvalue weighted by Gasteiger charge is 2.31. The molecule has 1 aliphatic rings. The first-order valence-corrected chi connectivity index (χ1v) is 10.6. The molecule has 0 aliphatic carbocycles. The van der Waals surface area contributed by atoms with E-state index in [0.717, 1.165) is 5.56 Å². The quantitative estimate of drug-likeness (QED) is 0.754. The monoisotopic (exact) mass is 402 g/mol. The lowest BCUT2D eigenvalue weighted by Gasteiger charge is -2.35. The second kappa shape index (κ2) is 9.14. The molecule has 7 nitrogen and oxygen atoms in total. The molecule has 0 radical (unpaired) electrons. The molecule has 1 heterocycles. The predicted octanol–water partition coefficient (Wildman–Crippen LogP) is 1.79. The van der Waals surface area contributed by atoms with Gasteiger partial charge in [-0.1, -0.05) is 31.5 Å². The minimum atomic E-state index is -3.41. The molecular formula is C17H27ClN4O3S. The fourth-order valence-corrected chi connectivity index (χ4v) is 4.69. The average molecular weight is 403 g/mol. The van der Waals surface area contributed by atoms with Crippen LogP contribution in [-0.2, 0) is 15.0 Å². The number of rotatable bonds is 7. The molecule has 1 fully saturated rings. The summed E-state index contributed by atoms with van der Waals surface area (Å²) in [4.78, 5) is 14.2. The summed E-state index contributed by atoms with van der Waals surface area (Å²) in [5.41, 5.74) is 1.61. The van der Waals surface area contributed by atoms with Gasteiger partial charge in [0.15, 0.2) is 0 Å². The third-order valence-electron chi connectivity index (χ3n) is 4.51. The molecule has 0 spiro atoms. The lowest BCUT2D eigenvalue weighted by Crippen LogP contribution is -2.54. The first kappa shape index (κ1) is 21.1. The van der Waals surface area contributed by atoms with Crippen LogP contribution >= 0.6 is 11.6 Å². The van der Waals surface area contributed by atoms with Gasteiger partial charge in [0, 0.05) is 50.0 Å². The second-order valence-corrected chi connectivity index (χ2v) is 8.62. The van der Waals surface area contributed by atoms with Gasteiger partial charge in [-0.05, 0) is 24.6 Å². The molecule has 1 aromatic carbocycles. The lowest BCUT2D eigenvalue weighted by molar-refractivity contribution is -0.117. The zero-order chi connectivity index (χ0) is 19.3. The summed E-state index contributed by atoms with van der Waals surface area (Å²) in [6.07, 6.45) is 0. The normalized spacial score (nSPS) is 16.8. The van der Waals surface area contributed by atoms with Crippen LogP contribution in [0, 0.1) is 6.92 Å². The van der Waals surface area contributed by atoms with Gasteiger partial charge < -0.3 is 5.32 Å². The number of amides is 1. The zero-order valence-corrected chi connectivity index (χ0v) is 17.1. The number of anilines is 1. The number of hydrogen-bond acceptors (Lipinski definition) is 4. The third kappa shape index (κ3) is 5.17. The summed E-state index contributed by atoms with van der Waals surface area (Å²) in [6, 6.07) is 5.39. The highest BCUT2D eigenvalue weighted by atomic mass is 35.5. The third-order valence-corrected chi connectivity index (χ3v) is 7.11. The van der Waals surface area contributed by atoms with Crippen molar-refractivity contribution in [3.63, 3.8) is 0 Å². The second-order valence-electron chi connectivity index (χ2n) is 6.28. The number of piperazine rings is 1. The molecule has 26 heavy (non-hydrogen) atoms. The maximum atomic E-state index is 12.5. The molecule has 1 aromatic rings. The van der Waals surface area contributed by atoms with E-state index in [0.29, 0.717) is 50.0 Å². The summed E-state index contributed by atoms with van der Waals surface area (Å²) >= 11 is 6.07. The highest BCUT2D eigenvalue weighted by Crippen LogP contribution is 2.20. The molecular weight excluding hydrogens is 376 g/mol. The SMILES string of the molecule is CCN(CC)S(=O)(=O)N1CCN(CC(=O)Nc2ccc(C)c(Cl)c2)CC1. The summed E-state index contributed by atoms with van der Waals surface area (Å²) in [5, 5.41) is 3.44. The van der Waals surface area contributed by atoms with Crippen LogP contribution in [-0.4, -0.2) is 73.6 Å². The summed E-state index contributed by atoms with van der Waals surface area (Å²) in [5.74, 6) is -0.134. The van der Waals surface area contributed by atoms with Crippen molar-refractivity contribution in [2.45, 2.75) is 20.8 Å². The molecule has 1 aliphatic heterocycles. The van der Waals surface area contributed by atoms with Crippen LogP contribution in [0.5, 0.6) is 0 Å². The van der Waals surface area contributed by atoms with Gasteiger partial charge in [0.05, 0.1) is 6.54 Å². The van der Waals surface area contributed by atoms with Crippen LogP contribution in [0.3, 0.4) is 0 Å². The molecule has 0 bridgehead atoms. The first-order chi connectivity index (χ1) is 12.3. The van der Waals surface area contributed by atoms with Gasteiger partial charge in [0.2, 0.25) is 5.91 Å². The minimum Gasteiger partial charge on any atom is -0.325 e. The van der Waals surface area contributed by atoms with Gasteiger partial charge in [-0.3, -0.25) is 9.69 Å². The topological polar surface area (TPSA) is 73.0 Å². The van der Waals surface area contributed by atoms with Crippen molar-refractivity contribution in [2.24, 2.45) is 0 Å². The zero-order valence-electron chi connectivity index (χ0n) is 15.5. The molecule has 146 valence electrons. The predicted molar refractivity (Wildman–Crippen MR) is 105 cm³/mol. The molecule has 1 saturated heterocycles. The molecule has 9 heteroatoms. The van der Waals surface area contributed by atoms with Gasteiger partial charge >= 0.3 is 0 Å². The van der Waals surface area contributed by atoms with E-state index >= 15 is 0 Å². The Morgan fingerprint density at radius 3 is 2.35 bits per heavy atom. The van der Waals surface area contributed by atoms with E-state index in [1.807, 2.05) is 37.8 Å².